The van der Waals surface area contributed by atoms with Gasteiger partial charge in [-0.2, -0.15) is 0 Å². The molecule has 1 amide bonds. The average molecular weight is 430 g/mol. The van der Waals surface area contributed by atoms with Gasteiger partial charge in [0.05, 0.1) is 15.7 Å². The van der Waals surface area contributed by atoms with Crippen molar-refractivity contribution in [3.8, 4) is 0 Å². The Labute approximate surface area is 167 Å². The lowest BCUT2D eigenvalue weighted by molar-refractivity contribution is -0.116. The number of rotatable bonds is 4. The van der Waals surface area contributed by atoms with Crippen LogP contribution in [0, 0.1) is 0 Å². The molecule has 0 N–H and O–H groups in total. The van der Waals surface area contributed by atoms with Gasteiger partial charge in [0.15, 0.2) is 9.84 Å². The molecule has 2 aromatic rings. The maximum atomic E-state index is 12.7. The first-order valence-corrected chi connectivity index (χ1v) is 11.6. The molecule has 0 bridgehead atoms. The van der Waals surface area contributed by atoms with E-state index in [1.165, 1.54) is 18.0 Å². The molecule has 3 rings (SSSR count). The van der Waals surface area contributed by atoms with Crippen molar-refractivity contribution in [2.75, 3.05) is 23.5 Å². The van der Waals surface area contributed by atoms with Crippen LogP contribution in [0.15, 0.2) is 46.2 Å². The highest BCUT2D eigenvalue weighted by atomic mass is 35.5. The Hall–Kier alpha value is -1.21. The fraction of sp³-hybridized carbons (Fsp3) is 0.278. The minimum absolute atomic E-state index is 0.0425. The van der Waals surface area contributed by atoms with Crippen LogP contribution in [0.1, 0.15) is 12.0 Å². The highest BCUT2D eigenvalue weighted by molar-refractivity contribution is 8.00. The summed E-state index contributed by atoms with van der Waals surface area (Å²) in [7, 11) is -3.26. The zero-order valence-electron chi connectivity index (χ0n) is 14.0. The third-order valence-electron chi connectivity index (χ3n) is 4.14. The Bertz CT molecular complexity index is 961. The van der Waals surface area contributed by atoms with E-state index in [1.807, 2.05) is 0 Å². The third-order valence-corrected chi connectivity index (χ3v) is 6.97. The number of hydrogen-bond acceptors (Lipinski definition) is 4. The first-order chi connectivity index (χ1) is 12.3. The van der Waals surface area contributed by atoms with Crippen LogP contribution in [0.4, 0.5) is 5.69 Å². The fourth-order valence-corrected chi connectivity index (χ4v) is 4.91. The Morgan fingerprint density at radius 3 is 2.69 bits per heavy atom. The second kappa shape index (κ2) is 7.80. The molecular weight excluding hydrogens is 413 g/mol. The van der Waals surface area contributed by atoms with Crippen LogP contribution in [0.2, 0.25) is 10.0 Å². The summed E-state index contributed by atoms with van der Waals surface area (Å²) >= 11 is 13.5. The van der Waals surface area contributed by atoms with E-state index < -0.39 is 9.84 Å². The number of benzene rings is 2. The minimum atomic E-state index is -3.26. The van der Waals surface area contributed by atoms with E-state index >= 15 is 0 Å². The molecule has 4 nitrogen and oxygen atoms in total. The van der Waals surface area contributed by atoms with Gasteiger partial charge in [0.1, 0.15) is 0 Å². The summed E-state index contributed by atoms with van der Waals surface area (Å²) in [5, 5.41) is 1.13. The van der Waals surface area contributed by atoms with E-state index in [1.54, 1.807) is 41.3 Å². The highest BCUT2D eigenvalue weighted by Gasteiger charge is 2.24. The summed E-state index contributed by atoms with van der Waals surface area (Å²) in [6.07, 6.45) is 2.75. The largest absolute Gasteiger partial charge is 0.311 e. The number of fused-ring (bicyclic) bond motifs is 1. The van der Waals surface area contributed by atoms with Gasteiger partial charge in [-0.3, -0.25) is 4.79 Å². The van der Waals surface area contributed by atoms with Gasteiger partial charge in [0.2, 0.25) is 5.91 Å². The summed E-state index contributed by atoms with van der Waals surface area (Å²) in [6, 6.07) is 10.1. The second-order valence-electron chi connectivity index (χ2n) is 6.08. The van der Waals surface area contributed by atoms with Crippen molar-refractivity contribution in [2.45, 2.75) is 22.6 Å². The predicted octanol–water partition coefficient (Wildman–Crippen LogP) is 4.47. The second-order valence-corrected chi connectivity index (χ2v) is 9.95. The number of aryl methyl sites for hydroxylation is 1. The molecular formula is C18H17Cl2NO3S2. The standard InChI is InChI=1S/C18H17Cl2NO3S2/c1-26(23,24)14-5-7-16-12(9-14)3-2-8-21(16)18(22)11-25-17-10-13(19)4-6-15(17)20/h4-7,9-10H,2-3,8,11H2,1H3. The van der Waals surface area contributed by atoms with Crippen LogP contribution in [0.5, 0.6) is 0 Å². The molecule has 0 radical (unpaired) electrons. The lowest BCUT2D eigenvalue weighted by Crippen LogP contribution is -2.36. The first-order valence-electron chi connectivity index (χ1n) is 7.97. The van der Waals surface area contributed by atoms with E-state index in [4.69, 9.17) is 23.2 Å². The van der Waals surface area contributed by atoms with Crippen molar-refractivity contribution in [2.24, 2.45) is 0 Å². The number of halogens is 2. The Kier molecular flexibility index (Phi) is 5.87. The van der Waals surface area contributed by atoms with Crippen LogP contribution < -0.4 is 4.90 Å². The molecule has 1 aliphatic rings. The number of anilines is 1. The molecule has 0 unspecified atom stereocenters. The molecule has 2 aromatic carbocycles. The molecule has 0 aromatic heterocycles. The quantitative estimate of drug-likeness (QED) is 0.672. The fourth-order valence-electron chi connectivity index (χ4n) is 2.87. The smallest absolute Gasteiger partial charge is 0.237 e. The first kappa shape index (κ1) is 19.5. The number of thioether (sulfide) groups is 1. The zero-order chi connectivity index (χ0) is 18.9. The molecule has 8 heteroatoms. The molecule has 1 heterocycles. The zero-order valence-corrected chi connectivity index (χ0v) is 17.2. The molecule has 0 spiro atoms. The molecule has 26 heavy (non-hydrogen) atoms. The lowest BCUT2D eigenvalue weighted by atomic mass is 10.0. The van der Waals surface area contributed by atoms with Crippen molar-refractivity contribution in [3.63, 3.8) is 0 Å². The number of hydrogen-bond donors (Lipinski definition) is 0. The van der Waals surface area contributed by atoms with Gasteiger partial charge in [0.25, 0.3) is 0 Å². The molecule has 1 aliphatic heterocycles. The summed E-state index contributed by atoms with van der Waals surface area (Å²) in [5.74, 6) is 0.187. The average Bonchev–Trinajstić information content (AvgIpc) is 2.60. The summed E-state index contributed by atoms with van der Waals surface area (Å²) < 4.78 is 23.5. The molecule has 0 aliphatic carbocycles. The predicted molar refractivity (Wildman–Crippen MR) is 107 cm³/mol. The van der Waals surface area contributed by atoms with Crippen molar-refractivity contribution >= 4 is 56.4 Å². The number of carbonyl (C=O) groups is 1. The van der Waals surface area contributed by atoms with Crippen LogP contribution in [-0.4, -0.2) is 32.9 Å². The van der Waals surface area contributed by atoms with E-state index in [9.17, 15) is 13.2 Å². The van der Waals surface area contributed by atoms with Crippen LogP contribution >= 0.6 is 35.0 Å². The van der Waals surface area contributed by atoms with Crippen molar-refractivity contribution < 1.29 is 13.2 Å². The molecule has 0 saturated carbocycles. The lowest BCUT2D eigenvalue weighted by Gasteiger charge is -2.29. The summed E-state index contributed by atoms with van der Waals surface area (Å²) in [6.45, 7) is 0.619. The number of sulfone groups is 1. The third kappa shape index (κ3) is 4.36. The van der Waals surface area contributed by atoms with Crippen molar-refractivity contribution in [3.05, 3.63) is 52.0 Å². The number of amides is 1. The van der Waals surface area contributed by atoms with Crippen LogP contribution in [0.3, 0.4) is 0 Å². The molecule has 0 atom stereocenters. The van der Waals surface area contributed by atoms with Gasteiger partial charge in [-0.25, -0.2) is 8.42 Å². The highest BCUT2D eigenvalue weighted by Crippen LogP contribution is 2.33. The van der Waals surface area contributed by atoms with E-state index in [0.29, 0.717) is 16.6 Å². The van der Waals surface area contributed by atoms with Gasteiger partial charge in [-0.1, -0.05) is 23.2 Å². The maximum absolute atomic E-state index is 12.7. The minimum Gasteiger partial charge on any atom is -0.311 e. The van der Waals surface area contributed by atoms with E-state index in [-0.39, 0.29) is 16.6 Å². The molecule has 138 valence electrons. The summed E-state index contributed by atoms with van der Waals surface area (Å²) in [4.78, 5) is 15.5. The Morgan fingerprint density at radius 2 is 1.96 bits per heavy atom. The topological polar surface area (TPSA) is 54.5 Å². The normalized spacial score (nSPS) is 14.2. The number of carbonyl (C=O) groups excluding carboxylic acids is 1. The SMILES string of the molecule is CS(=O)(=O)c1ccc2c(c1)CCCN2C(=O)CSc1cc(Cl)ccc1Cl. The van der Waals surface area contributed by atoms with Gasteiger partial charge < -0.3 is 4.90 Å². The van der Waals surface area contributed by atoms with Crippen molar-refractivity contribution in [1.29, 1.82) is 0 Å². The van der Waals surface area contributed by atoms with Gasteiger partial charge in [-0.15, -0.1) is 11.8 Å². The molecule has 0 saturated heterocycles. The van der Waals surface area contributed by atoms with E-state index in [0.717, 1.165) is 29.0 Å². The van der Waals surface area contributed by atoms with Gasteiger partial charge in [-0.05, 0) is 54.8 Å². The van der Waals surface area contributed by atoms with Gasteiger partial charge >= 0.3 is 0 Å². The van der Waals surface area contributed by atoms with Gasteiger partial charge in [0, 0.05) is 28.4 Å². The Balaban J connectivity index is 1.78. The van der Waals surface area contributed by atoms with Crippen LogP contribution in [0.25, 0.3) is 0 Å². The van der Waals surface area contributed by atoms with E-state index in [2.05, 4.69) is 0 Å². The Morgan fingerprint density at radius 1 is 1.19 bits per heavy atom. The summed E-state index contributed by atoms with van der Waals surface area (Å²) in [5.41, 5.74) is 1.67. The van der Waals surface area contributed by atoms with Crippen molar-refractivity contribution in [1.82, 2.24) is 0 Å². The molecule has 0 fully saturated rings. The monoisotopic (exact) mass is 429 g/mol. The van der Waals surface area contributed by atoms with Crippen LogP contribution in [-0.2, 0) is 21.1 Å². The number of nitrogens with zero attached hydrogens (tertiary/aromatic N) is 1. The maximum Gasteiger partial charge on any atom is 0.237 e.